The summed E-state index contributed by atoms with van der Waals surface area (Å²) in [4.78, 5) is 2.71. The molecule has 3 rings (SSSR count). The van der Waals surface area contributed by atoms with Gasteiger partial charge < -0.3 is 4.74 Å². The van der Waals surface area contributed by atoms with Gasteiger partial charge in [0.1, 0.15) is 0 Å². The number of benzene rings is 1. The smallest absolute Gasteiger partial charge is 0.297 e. The van der Waals surface area contributed by atoms with E-state index >= 15 is 0 Å². The maximum Gasteiger partial charge on any atom is 0.297 e. The van der Waals surface area contributed by atoms with Gasteiger partial charge in [-0.05, 0) is 62.4 Å². The Morgan fingerprint density at radius 2 is 1.88 bits per heavy atom. The Morgan fingerprint density at radius 1 is 1.15 bits per heavy atom. The van der Waals surface area contributed by atoms with Crippen LogP contribution in [0.1, 0.15) is 49.7 Å². The summed E-state index contributed by atoms with van der Waals surface area (Å²) in [5, 5.41) is 0. The molecular formula is C20H31NO4S. The Kier molecular flexibility index (Phi) is 7.09. The van der Waals surface area contributed by atoms with E-state index in [-0.39, 0.29) is 6.10 Å². The largest absolute Gasteiger partial charge is 0.379 e. The van der Waals surface area contributed by atoms with Gasteiger partial charge in [0.05, 0.1) is 24.2 Å². The number of aryl methyl sites for hydroxylation is 2. The first-order chi connectivity index (χ1) is 12.5. The fourth-order valence-corrected chi connectivity index (χ4v) is 4.97. The molecule has 6 heteroatoms. The molecule has 0 radical (unpaired) electrons. The Balaban J connectivity index is 1.60. The summed E-state index contributed by atoms with van der Waals surface area (Å²) in [7, 11) is -3.67. The van der Waals surface area contributed by atoms with Crippen molar-refractivity contribution in [3.05, 3.63) is 29.3 Å². The third-order valence-electron chi connectivity index (χ3n) is 5.45. The molecule has 0 atom stereocenters. The first-order valence-corrected chi connectivity index (χ1v) is 11.3. The van der Waals surface area contributed by atoms with Crippen molar-refractivity contribution in [3.8, 4) is 0 Å². The Labute approximate surface area is 157 Å². The van der Waals surface area contributed by atoms with Crippen LogP contribution in [-0.2, 0) is 25.5 Å². The second-order valence-corrected chi connectivity index (χ2v) is 9.03. The van der Waals surface area contributed by atoms with E-state index in [1.807, 2.05) is 19.1 Å². The molecule has 0 aromatic heterocycles. The minimum absolute atomic E-state index is 0.153. The first-order valence-electron chi connectivity index (χ1n) is 9.87. The van der Waals surface area contributed by atoms with Crippen LogP contribution in [0.25, 0.3) is 0 Å². The highest BCUT2D eigenvalue weighted by molar-refractivity contribution is 7.86. The molecular weight excluding hydrogens is 350 g/mol. The molecule has 0 unspecified atom stereocenters. The predicted octanol–water partition coefficient (Wildman–Crippen LogP) is 3.30. The third-order valence-corrected chi connectivity index (χ3v) is 6.81. The Hall–Kier alpha value is -0.950. The van der Waals surface area contributed by atoms with Crippen molar-refractivity contribution in [1.29, 1.82) is 0 Å². The minimum Gasteiger partial charge on any atom is -0.379 e. The average molecular weight is 382 g/mol. The van der Waals surface area contributed by atoms with Crippen LogP contribution in [0.2, 0.25) is 0 Å². The van der Waals surface area contributed by atoms with Gasteiger partial charge in [-0.1, -0.05) is 25.3 Å². The SMILES string of the molecule is Cc1ccc(S(=O)(=O)OC2CCCCC2)cc1CCCN1CCOCC1. The summed E-state index contributed by atoms with van der Waals surface area (Å²) in [6.45, 7) is 6.67. The molecule has 0 bridgehead atoms. The quantitative estimate of drug-likeness (QED) is 0.678. The highest BCUT2D eigenvalue weighted by Crippen LogP contribution is 2.26. The summed E-state index contributed by atoms with van der Waals surface area (Å²) < 4.78 is 36.2. The summed E-state index contributed by atoms with van der Waals surface area (Å²) in [6, 6.07) is 5.40. The standard InChI is InChI=1S/C20H31NO4S/c1-17-9-10-20(26(22,23)25-19-7-3-2-4-8-19)16-18(17)6-5-11-21-12-14-24-15-13-21/h9-10,16,19H,2-8,11-15H2,1H3. The summed E-state index contributed by atoms with van der Waals surface area (Å²) in [5.41, 5.74) is 2.25. The van der Waals surface area contributed by atoms with E-state index in [0.29, 0.717) is 4.90 Å². The van der Waals surface area contributed by atoms with Crippen molar-refractivity contribution in [2.45, 2.75) is 62.9 Å². The van der Waals surface area contributed by atoms with Gasteiger partial charge in [0, 0.05) is 13.1 Å². The molecule has 1 saturated heterocycles. The zero-order valence-corrected chi connectivity index (χ0v) is 16.6. The number of hydrogen-bond donors (Lipinski definition) is 0. The average Bonchev–Trinajstić information content (AvgIpc) is 2.64. The Morgan fingerprint density at radius 3 is 2.62 bits per heavy atom. The van der Waals surface area contributed by atoms with Crippen molar-refractivity contribution in [2.24, 2.45) is 0 Å². The molecule has 0 amide bonds. The van der Waals surface area contributed by atoms with Crippen LogP contribution in [-0.4, -0.2) is 52.3 Å². The van der Waals surface area contributed by atoms with Crippen molar-refractivity contribution in [2.75, 3.05) is 32.8 Å². The molecule has 1 aliphatic heterocycles. The van der Waals surface area contributed by atoms with Gasteiger partial charge in [0.2, 0.25) is 0 Å². The third kappa shape index (κ3) is 5.52. The highest BCUT2D eigenvalue weighted by atomic mass is 32.2. The summed E-state index contributed by atoms with van der Waals surface area (Å²) >= 11 is 0. The summed E-state index contributed by atoms with van der Waals surface area (Å²) in [5.74, 6) is 0. The summed E-state index contributed by atoms with van der Waals surface area (Å²) in [6.07, 6.45) is 6.73. The van der Waals surface area contributed by atoms with E-state index in [9.17, 15) is 8.42 Å². The van der Waals surface area contributed by atoms with Gasteiger partial charge >= 0.3 is 0 Å². The molecule has 5 nitrogen and oxygen atoms in total. The fourth-order valence-electron chi connectivity index (χ4n) is 3.79. The van der Waals surface area contributed by atoms with Crippen LogP contribution in [0, 0.1) is 6.92 Å². The molecule has 146 valence electrons. The van der Waals surface area contributed by atoms with E-state index in [2.05, 4.69) is 4.90 Å². The molecule has 1 heterocycles. The van der Waals surface area contributed by atoms with Gasteiger partial charge in [-0.3, -0.25) is 9.08 Å². The lowest BCUT2D eigenvalue weighted by Gasteiger charge is -2.26. The lowest BCUT2D eigenvalue weighted by atomic mass is 9.98. The lowest BCUT2D eigenvalue weighted by molar-refractivity contribution is 0.0374. The number of morpholine rings is 1. The normalized spacial score (nSPS) is 20.3. The predicted molar refractivity (Wildman–Crippen MR) is 102 cm³/mol. The maximum atomic E-state index is 12.6. The molecule has 2 fully saturated rings. The van der Waals surface area contributed by atoms with E-state index in [1.165, 1.54) is 6.42 Å². The van der Waals surface area contributed by atoms with Crippen LogP contribution in [0.15, 0.2) is 23.1 Å². The highest BCUT2D eigenvalue weighted by Gasteiger charge is 2.24. The zero-order valence-electron chi connectivity index (χ0n) is 15.8. The number of rotatable bonds is 7. The van der Waals surface area contributed by atoms with Crippen molar-refractivity contribution >= 4 is 10.1 Å². The van der Waals surface area contributed by atoms with Gasteiger partial charge in [-0.15, -0.1) is 0 Å². The number of nitrogens with zero attached hydrogens (tertiary/aromatic N) is 1. The molecule has 26 heavy (non-hydrogen) atoms. The van der Waals surface area contributed by atoms with E-state index in [1.54, 1.807) is 6.07 Å². The van der Waals surface area contributed by atoms with Crippen molar-refractivity contribution in [1.82, 2.24) is 4.90 Å². The molecule has 0 spiro atoms. The van der Waals surface area contributed by atoms with Gasteiger partial charge in [-0.25, -0.2) is 0 Å². The van der Waals surface area contributed by atoms with Crippen molar-refractivity contribution < 1.29 is 17.3 Å². The molecule has 1 saturated carbocycles. The van der Waals surface area contributed by atoms with Crippen LogP contribution in [0.3, 0.4) is 0 Å². The maximum absolute atomic E-state index is 12.6. The van der Waals surface area contributed by atoms with E-state index in [0.717, 1.165) is 82.5 Å². The molecule has 0 N–H and O–H groups in total. The topological polar surface area (TPSA) is 55.8 Å². The van der Waals surface area contributed by atoms with Crippen LogP contribution < -0.4 is 0 Å². The Bertz CT molecular complexity index is 677. The fraction of sp³-hybridized carbons (Fsp3) is 0.700. The first kappa shape index (κ1) is 19.8. The van der Waals surface area contributed by atoms with Crippen LogP contribution in [0.4, 0.5) is 0 Å². The zero-order chi connectivity index (χ0) is 18.4. The minimum atomic E-state index is -3.67. The molecule has 2 aliphatic rings. The second kappa shape index (κ2) is 9.31. The van der Waals surface area contributed by atoms with E-state index < -0.39 is 10.1 Å². The number of ether oxygens (including phenoxy) is 1. The van der Waals surface area contributed by atoms with Crippen LogP contribution in [0.5, 0.6) is 0 Å². The van der Waals surface area contributed by atoms with Crippen molar-refractivity contribution in [3.63, 3.8) is 0 Å². The van der Waals surface area contributed by atoms with Crippen LogP contribution >= 0.6 is 0 Å². The molecule has 1 aromatic rings. The molecule has 1 aromatic carbocycles. The van der Waals surface area contributed by atoms with Gasteiger partial charge in [0.15, 0.2) is 0 Å². The number of hydrogen-bond acceptors (Lipinski definition) is 5. The van der Waals surface area contributed by atoms with Gasteiger partial charge in [0.25, 0.3) is 10.1 Å². The molecule has 1 aliphatic carbocycles. The lowest BCUT2D eigenvalue weighted by Crippen LogP contribution is -2.36. The second-order valence-electron chi connectivity index (χ2n) is 7.46. The van der Waals surface area contributed by atoms with Gasteiger partial charge in [-0.2, -0.15) is 8.42 Å². The van der Waals surface area contributed by atoms with E-state index in [4.69, 9.17) is 8.92 Å². The monoisotopic (exact) mass is 381 g/mol.